The van der Waals surface area contributed by atoms with Crippen LogP contribution in [0.1, 0.15) is 6.42 Å². The van der Waals surface area contributed by atoms with Crippen molar-refractivity contribution >= 4 is 19.9 Å². The van der Waals surface area contributed by atoms with Crippen molar-refractivity contribution in [3.63, 3.8) is 0 Å². The van der Waals surface area contributed by atoms with Crippen molar-refractivity contribution in [2.24, 2.45) is 5.73 Å². The highest BCUT2D eigenvalue weighted by Gasteiger charge is 2.33. The summed E-state index contributed by atoms with van der Waals surface area (Å²) in [7, 11) is -3.48. The number of rotatable bonds is 3. The second kappa shape index (κ2) is 2.91. The van der Waals surface area contributed by atoms with Gasteiger partial charge in [-0.1, -0.05) is 0 Å². The summed E-state index contributed by atoms with van der Waals surface area (Å²) in [6, 6.07) is 0. The molecule has 0 bridgehead atoms. The lowest BCUT2D eigenvalue weighted by Crippen LogP contribution is -2.65. The van der Waals surface area contributed by atoms with Crippen LogP contribution in [0, 0.1) is 0 Å². The fourth-order valence-electron chi connectivity index (χ4n) is 0.749. The first kappa shape index (κ1) is 9.27. The van der Waals surface area contributed by atoms with Crippen LogP contribution in [0.25, 0.3) is 0 Å². The average molecular weight is 198 g/mol. The average Bonchev–Trinajstić information content (AvgIpc) is 1.77. The monoisotopic (exact) mass is 198 g/mol. The Labute approximate surface area is 68.9 Å². The van der Waals surface area contributed by atoms with Gasteiger partial charge in [0, 0.05) is 5.75 Å². The Morgan fingerprint density at radius 2 is 2.27 bits per heavy atom. The molecule has 0 spiro atoms. The van der Waals surface area contributed by atoms with Gasteiger partial charge in [0.15, 0.2) is 0 Å². The summed E-state index contributed by atoms with van der Waals surface area (Å²) >= 11 is 0. The summed E-state index contributed by atoms with van der Waals surface area (Å²) in [5.41, 5.74) is 5.01. The second-order valence-electron chi connectivity index (χ2n) is 2.52. The van der Waals surface area contributed by atoms with E-state index in [1.807, 2.05) is 0 Å². The highest BCUT2D eigenvalue weighted by Crippen LogP contribution is 2.20. The van der Waals surface area contributed by atoms with E-state index in [9.17, 15) is 8.42 Å². The molecule has 4 N–H and O–H groups in total. The third-order valence-electron chi connectivity index (χ3n) is 1.51. The van der Waals surface area contributed by atoms with Gasteiger partial charge in [-0.25, -0.2) is 0 Å². The van der Waals surface area contributed by atoms with Crippen LogP contribution in [0.15, 0.2) is 0 Å². The Kier molecular flexibility index (Phi) is 2.45. The van der Waals surface area contributed by atoms with Crippen molar-refractivity contribution in [1.82, 2.24) is 5.32 Å². The van der Waals surface area contributed by atoms with Gasteiger partial charge in [-0.05, 0) is 23.8 Å². The number of nitrogens with one attached hydrogen (secondary N) is 1. The Morgan fingerprint density at radius 3 is 2.55 bits per heavy atom. The summed E-state index contributed by atoms with van der Waals surface area (Å²) in [6.07, 6.45) is 0.746. The minimum atomic E-state index is -3.94. The predicted molar refractivity (Wildman–Crippen MR) is 43.5 cm³/mol. The molecule has 0 radical (unpaired) electrons. The van der Waals surface area contributed by atoms with E-state index < -0.39 is 14.8 Å². The van der Waals surface area contributed by atoms with Crippen LogP contribution in [-0.4, -0.2) is 30.9 Å². The topological polar surface area (TPSA) is 92.4 Å². The van der Waals surface area contributed by atoms with Gasteiger partial charge in [-0.2, -0.15) is 8.42 Å². The molecule has 0 amide bonds. The van der Waals surface area contributed by atoms with Gasteiger partial charge in [0.25, 0.3) is 0 Å². The Bertz CT molecular complexity index is 234. The molecule has 0 saturated carbocycles. The first-order valence-corrected chi connectivity index (χ1v) is 6.01. The molecule has 7 heteroatoms. The van der Waals surface area contributed by atoms with Gasteiger partial charge < -0.3 is 5.73 Å². The molecule has 0 aromatic rings. The molecular formula is C4H10N2O3S2. The van der Waals surface area contributed by atoms with Crippen LogP contribution >= 0.6 is 10.8 Å². The minimum absolute atomic E-state index is 0.186. The standard InChI is InChI=1S/C4H10N2O3S2/c5-4(1-2-6-4)3-10-11(7,8)9/h6H,1-3,5H2,(H,7,8,9)/t4-/m0/s1. The summed E-state index contributed by atoms with van der Waals surface area (Å²) in [4.78, 5) is 0. The first-order valence-electron chi connectivity index (χ1n) is 3.07. The van der Waals surface area contributed by atoms with Gasteiger partial charge in [0.1, 0.15) is 0 Å². The van der Waals surface area contributed by atoms with Crippen LogP contribution in [0.5, 0.6) is 0 Å². The van der Waals surface area contributed by atoms with Crippen molar-refractivity contribution in [2.75, 3.05) is 12.3 Å². The SMILES string of the molecule is N[C@@]1(CSS(=O)(=O)O)CCN1. The van der Waals surface area contributed by atoms with Crippen LogP contribution in [-0.2, 0) is 9.15 Å². The molecule has 0 aromatic heterocycles. The van der Waals surface area contributed by atoms with Crippen LogP contribution in [0.3, 0.4) is 0 Å². The summed E-state index contributed by atoms with van der Waals surface area (Å²) in [5.74, 6) is 0.186. The zero-order chi connectivity index (χ0) is 8.54. The second-order valence-corrected chi connectivity index (χ2v) is 5.87. The molecule has 11 heavy (non-hydrogen) atoms. The maximum Gasteiger partial charge on any atom is 0.319 e. The molecule has 0 aliphatic carbocycles. The lowest BCUT2D eigenvalue weighted by molar-refractivity contribution is 0.249. The normalized spacial score (nSPS) is 31.5. The molecule has 1 fully saturated rings. The van der Waals surface area contributed by atoms with Crippen molar-refractivity contribution in [3.8, 4) is 0 Å². The molecule has 1 heterocycles. The third kappa shape index (κ3) is 2.96. The Balaban J connectivity index is 2.33. The van der Waals surface area contributed by atoms with E-state index in [2.05, 4.69) is 5.32 Å². The van der Waals surface area contributed by atoms with Crippen molar-refractivity contribution in [1.29, 1.82) is 0 Å². The first-order chi connectivity index (χ1) is 4.91. The molecular weight excluding hydrogens is 188 g/mol. The molecule has 0 aromatic carbocycles. The van der Waals surface area contributed by atoms with Crippen LogP contribution in [0.4, 0.5) is 0 Å². The molecule has 1 aliphatic rings. The fourth-order valence-corrected chi connectivity index (χ4v) is 2.43. The van der Waals surface area contributed by atoms with E-state index in [-0.39, 0.29) is 5.75 Å². The van der Waals surface area contributed by atoms with E-state index in [0.717, 1.165) is 13.0 Å². The molecule has 1 atom stereocenters. The number of hydrogen-bond donors (Lipinski definition) is 3. The molecule has 1 rings (SSSR count). The molecule has 66 valence electrons. The lowest BCUT2D eigenvalue weighted by atomic mass is 10.0. The number of nitrogens with two attached hydrogens (primary N) is 1. The van der Waals surface area contributed by atoms with Gasteiger partial charge >= 0.3 is 9.15 Å². The summed E-state index contributed by atoms with van der Waals surface area (Å²) in [6.45, 7) is 0.808. The fraction of sp³-hybridized carbons (Fsp3) is 1.00. The van der Waals surface area contributed by atoms with Crippen LogP contribution < -0.4 is 11.1 Å². The highest BCUT2D eigenvalue weighted by molar-refractivity contribution is 8.69. The Hall–Kier alpha value is 0.180. The predicted octanol–water partition coefficient (Wildman–Crippen LogP) is -0.829. The molecule has 1 saturated heterocycles. The van der Waals surface area contributed by atoms with E-state index in [0.29, 0.717) is 10.8 Å². The van der Waals surface area contributed by atoms with E-state index in [1.54, 1.807) is 0 Å². The zero-order valence-corrected chi connectivity index (χ0v) is 7.41. The van der Waals surface area contributed by atoms with E-state index in [4.69, 9.17) is 10.3 Å². The van der Waals surface area contributed by atoms with Crippen molar-refractivity contribution < 1.29 is 13.0 Å². The van der Waals surface area contributed by atoms with Gasteiger partial charge in [0.2, 0.25) is 0 Å². The van der Waals surface area contributed by atoms with E-state index >= 15 is 0 Å². The smallest absolute Gasteiger partial charge is 0.313 e. The maximum absolute atomic E-state index is 10.3. The van der Waals surface area contributed by atoms with Gasteiger partial charge in [-0.15, -0.1) is 0 Å². The quantitative estimate of drug-likeness (QED) is 0.405. The summed E-state index contributed by atoms with van der Waals surface area (Å²) < 4.78 is 28.9. The minimum Gasteiger partial charge on any atom is -0.313 e. The van der Waals surface area contributed by atoms with Crippen molar-refractivity contribution in [2.45, 2.75) is 12.1 Å². The zero-order valence-electron chi connectivity index (χ0n) is 5.78. The van der Waals surface area contributed by atoms with E-state index in [1.165, 1.54) is 0 Å². The number of hydrogen-bond acceptors (Lipinski definition) is 5. The molecule has 0 unspecified atom stereocenters. The maximum atomic E-state index is 10.3. The lowest BCUT2D eigenvalue weighted by Gasteiger charge is -2.38. The molecule has 5 nitrogen and oxygen atoms in total. The van der Waals surface area contributed by atoms with Crippen LogP contribution in [0.2, 0.25) is 0 Å². The summed E-state index contributed by atoms with van der Waals surface area (Å²) in [5, 5.41) is 2.88. The van der Waals surface area contributed by atoms with Crippen molar-refractivity contribution in [3.05, 3.63) is 0 Å². The third-order valence-corrected chi connectivity index (χ3v) is 3.69. The van der Waals surface area contributed by atoms with Gasteiger partial charge in [0.05, 0.1) is 5.66 Å². The largest absolute Gasteiger partial charge is 0.319 e. The Morgan fingerprint density at radius 1 is 1.73 bits per heavy atom. The van der Waals surface area contributed by atoms with Gasteiger partial charge in [-0.3, -0.25) is 9.87 Å². The highest BCUT2D eigenvalue weighted by atomic mass is 33.1. The molecule has 1 aliphatic heterocycles.